The van der Waals surface area contributed by atoms with Gasteiger partial charge in [-0.15, -0.1) is 0 Å². The van der Waals surface area contributed by atoms with Crippen LogP contribution in [-0.2, 0) is 4.79 Å². The van der Waals surface area contributed by atoms with Gasteiger partial charge in [0, 0.05) is 6.42 Å². The number of aliphatic hydroxyl groups is 1. The second kappa shape index (κ2) is 4.37. The molecular formula is C15H22O3. The van der Waals surface area contributed by atoms with E-state index in [4.69, 9.17) is 5.11 Å². The van der Waals surface area contributed by atoms with Crippen LogP contribution in [0.5, 0.6) is 0 Å². The van der Waals surface area contributed by atoms with E-state index in [2.05, 4.69) is 6.08 Å². The standard InChI is InChI=1S/C15H22O3/c16-13(14(17)18)2-1-3-15-7-10-4-11(8-15)6-12(5-10)9-15/h1,3,10-13,16H,2,4-9H2,(H,17,18)/b3-1+. The molecule has 100 valence electrons. The SMILES string of the molecule is O=C(O)C(O)C/C=C/C12CC3CC(CC(C3)C1)C2. The summed E-state index contributed by atoms with van der Waals surface area (Å²) < 4.78 is 0. The fourth-order valence-electron chi connectivity index (χ4n) is 4.93. The van der Waals surface area contributed by atoms with Crippen molar-refractivity contribution in [1.29, 1.82) is 0 Å². The van der Waals surface area contributed by atoms with E-state index in [0.717, 1.165) is 17.8 Å². The van der Waals surface area contributed by atoms with Crippen molar-refractivity contribution in [3.05, 3.63) is 12.2 Å². The molecule has 0 aromatic carbocycles. The fraction of sp³-hybridized carbons (Fsp3) is 0.800. The zero-order valence-corrected chi connectivity index (χ0v) is 10.7. The maximum absolute atomic E-state index is 10.6. The Hall–Kier alpha value is -0.830. The molecule has 0 aromatic heterocycles. The van der Waals surface area contributed by atoms with E-state index in [1.807, 2.05) is 6.08 Å². The minimum atomic E-state index is -1.24. The molecule has 0 aliphatic heterocycles. The molecule has 4 fully saturated rings. The van der Waals surface area contributed by atoms with Crippen LogP contribution in [0.15, 0.2) is 12.2 Å². The monoisotopic (exact) mass is 250 g/mol. The van der Waals surface area contributed by atoms with Crippen LogP contribution >= 0.6 is 0 Å². The lowest BCUT2D eigenvalue weighted by atomic mass is 9.49. The Bertz CT molecular complexity index is 337. The number of carboxylic acid groups (broad SMARTS) is 1. The van der Waals surface area contributed by atoms with Gasteiger partial charge in [0.25, 0.3) is 0 Å². The minimum absolute atomic E-state index is 0.247. The van der Waals surface area contributed by atoms with Crippen molar-refractivity contribution in [2.75, 3.05) is 0 Å². The van der Waals surface area contributed by atoms with Gasteiger partial charge in [0.15, 0.2) is 6.10 Å². The zero-order valence-electron chi connectivity index (χ0n) is 10.7. The highest BCUT2D eigenvalue weighted by Crippen LogP contribution is 2.60. The largest absolute Gasteiger partial charge is 0.479 e. The molecule has 4 aliphatic rings. The van der Waals surface area contributed by atoms with E-state index < -0.39 is 12.1 Å². The van der Waals surface area contributed by atoms with Gasteiger partial charge in [-0.2, -0.15) is 0 Å². The van der Waals surface area contributed by atoms with Crippen LogP contribution in [-0.4, -0.2) is 22.3 Å². The van der Waals surface area contributed by atoms with Gasteiger partial charge < -0.3 is 10.2 Å². The second-order valence-electron chi connectivity index (χ2n) is 6.77. The molecule has 0 heterocycles. The van der Waals surface area contributed by atoms with Gasteiger partial charge in [-0.3, -0.25) is 0 Å². The van der Waals surface area contributed by atoms with Crippen molar-refractivity contribution in [1.82, 2.24) is 0 Å². The van der Waals surface area contributed by atoms with Crippen LogP contribution in [0.3, 0.4) is 0 Å². The van der Waals surface area contributed by atoms with Crippen LogP contribution in [0, 0.1) is 23.2 Å². The van der Waals surface area contributed by atoms with Crippen LogP contribution in [0.1, 0.15) is 44.9 Å². The fourth-order valence-corrected chi connectivity index (χ4v) is 4.93. The molecule has 4 rings (SSSR count). The first kappa shape index (κ1) is 12.2. The van der Waals surface area contributed by atoms with E-state index >= 15 is 0 Å². The summed E-state index contributed by atoms with van der Waals surface area (Å²) in [6, 6.07) is 0. The highest BCUT2D eigenvalue weighted by Gasteiger charge is 2.49. The predicted molar refractivity (Wildman–Crippen MR) is 68.0 cm³/mol. The maximum atomic E-state index is 10.6. The lowest BCUT2D eigenvalue weighted by Gasteiger charge is -2.56. The Labute approximate surface area is 108 Å². The molecule has 0 radical (unpaired) electrons. The quantitative estimate of drug-likeness (QED) is 0.754. The van der Waals surface area contributed by atoms with E-state index in [-0.39, 0.29) is 6.42 Å². The molecule has 4 aliphatic carbocycles. The average molecular weight is 250 g/mol. The van der Waals surface area contributed by atoms with Gasteiger partial charge in [-0.05, 0) is 61.7 Å². The van der Waals surface area contributed by atoms with E-state index in [1.165, 1.54) is 38.5 Å². The van der Waals surface area contributed by atoms with Crippen molar-refractivity contribution < 1.29 is 15.0 Å². The summed E-state index contributed by atoms with van der Waals surface area (Å²) >= 11 is 0. The Kier molecular flexibility index (Phi) is 2.97. The molecule has 3 nitrogen and oxygen atoms in total. The average Bonchev–Trinajstić information content (AvgIpc) is 2.26. The van der Waals surface area contributed by atoms with Crippen LogP contribution in [0.25, 0.3) is 0 Å². The lowest BCUT2D eigenvalue weighted by molar-refractivity contribution is -0.146. The molecule has 0 saturated heterocycles. The van der Waals surface area contributed by atoms with Crippen LogP contribution in [0.2, 0.25) is 0 Å². The van der Waals surface area contributed by atoms with E-state index in [1.54, 1.807) is 0 Å². The molecule has 0 spiro atoms. The van der Waals surface area contributed by atoms with E-state index in [0.29, 0.717) is 5.41 Å². The summed E-state index contributed by atoms with van der Waals surface area (Å²) in [7, 11) is 0. The summed E-state index contributed by atoms with van der Waals surface area (Å²) in [5.74, 6) is 1.60. The maximum Gasteiger partial charge on any atom is 0.332 e. The first-order valence-electron chi connectivity index (χ1n) is 7.15. The summed E-state index contributed by atoms with van der Waals surface area (Å²) in [4.78, 5) is 10.6. The van der Waals surface area contributed by atoms with Crippen molar-refractivity contribution >= 4 is 5.97 Å². The summed E-state index contributed by atoms with van der Waals surface area (Å²) in [6.45, 7) is 0. The van der Waals surface area contributed by atoms with Gasteiger partial charge >= 0.3 is 5.97 Å². The molecule has 1 unspecified atom stereocenters. The molecule has 4 saturated carbocycles. The normalized spacial score (nSPS) is 43.5. The predicted octanol–water partition coefficient (Wildman–Crippen LogP) is 2.59. The van der Waals surface area contributed by atoms with E-state index in [9.17, 15) is 9.90 Å². The Balaban J connectivity index is 1.65. The third-order valence-electron chi connectivity index (χ3n) is 5.20. The summed E-state index contributed by atoms with van der Waals surface area (Å²) in [5, 5.41) is 17.9. The first-order chi connectivity index (χ1) is 8.56. The number of aliphatic hydroxyl groups excluding tert-OH is 1. The van der Waals surface area contributed by atoms with Gasteiger partial charge in [0.1, 0.15) is 0 Å². The smallest absolute Gasteiger partial charge is 0.332 e. The van der Waals surface area contributed by atoms with Crippen LogP contribution in [0.4, 0.5) is 0 Å². The van der Waals surface area contributed by atoms with Crippen molar-refractivity contribution in [3.63, 3.8) is 0 Å². The number of aliphatic carboxylic acids is 1. The number of carbonyl (C=O) groups is 1. The Morgan fingerprint density at radius 3 is 2.11 bits per heavy atom. The van der Waals surface area contributed by atoms with Gasteiger partial charge in [-0.1, -0.05) is 12.2 Å². The van der Waals surface area contributed by atoms with Crippen molar-refractivity contribution in [2.45, 2.75) is 51.0 Å². The van der Waals surface area contributed by atoms with Crippen molar-refractivity contribution in [2.24, 2.45) is 23.2 Å². The summed E-state index contributed by atoms with van der Waals surface area (Å²) in [5.41, 5.74) is 0.340. The van der Waals surface area contributed by atoms with Crippen LogP contribution < -0.4 is 0 Å². The third-order valence-corrected chi connectivity index (χ3v) is 5.20. The molecule has 1 atom stereocenters. The number of hydrogen-bond donors (Lipinski definition) is 2. The molecule has 0 aromatic rings. The highest BCUT2D eigenvalue weighted by atomic mass is 16.4. The minimum Gasteiger partial charge on any atom is -0.479 e. The first-order valence-corrected chi connectivity index (χ1v) is 7.15. The second-order valence-corrected chi connectivity index (χ2v) is 6.77. The Morgan fingerprint density at radius 1 is 1.17 bits per heavy atom. The molecular weight excluding hydrogens is 228 g/mol. The topological polar surface area (TPSA) is 57.5 Å². The molecule has 18 heavy (non-hydrogen) atoms. The molecule has 3 heteroatoms. The zero-order chi connectivity index (χ0) is 12.8. The number of allylic oxidation sites excluding steroid dienone is 1. The summed E-state index contributed by atoms with van der Waals surface area (Å²) in [6.07, 6.45) is 11.3. The number of rotatable bonds is 4. The number of hydrogen-bond acceptors (Lipinski definition) is 2. The highest BCUT2D eigenvalue weighted by molar-refractivity contribution is 5.72. The van der Waals surface area contributed by atoms with Gasteiger partial charge in [-0.25, -0.2) is 4.79 Å². The molecule has 4 bridgehead atoms. The van der Waals surface area contributed by atoms with Gasteiger partial charge in [0.2, 0.25) is 0 Å². The third kappa shape index (κ3) is 2.20. The molecule has 2 N–H and O–H groups in total. The van der Waals surface area contributed by atoms with Crippen molar-refractivity contribution in [3.8, 4) is 0 Å². The Morgan fingerprint density at radius 2 is 1.67 bits per heavy atom. The lowest BCUT2D eigenvalue weighted by Crippen LogP contribution is -2.45. The molecule has 0 amide bonds. The van der Waals surface area contributed by atoms with Gasteiger partial charge in [0.05, 0.1) is 0 Å². The number of carboxylic acids is 1.